The summed E-state index contributed by atoms with van der Waals surface area (Å²) < 4.78 is 5.98. The Morgan fingerprint density at radius 3 is 2.00 bits per heavy atom. The number of nitrogens with zero attached hydrogens (tertiary/aromatic N) is 2. The lowest BCUT2D eigenvalue weighted by Crippen LogP contribution is -1.93. The minimum atomic E-state index is 0.250. The summed E-state index contributed by atoms with van der Waals surface area (Å²) in [6, 6.07) is 10.6. The van der Waals surface area contributed by atoms with Gasteiger partial charge in [-0.25, -0.2) is 9.97 Å². The summed E-state index contributed by atoms with van der Waals surface area (Å²) in [6.45, 7) is 0. The van der Waals surface area contributed by atoms with Crippen molar-refractivity contribution in [1.82, 2.24) is 9.97 Å². The molecule has 21 heavy (non-hydrogen) atoms. The fourth-order valence-electron chi connectivity index (χ4n) is 1.81. The van der Waals surface area contributed by atoms with E-state index in [2.05, 4.69) is 25.9 Å². The van der Waals surface area contributed by atoms with Gasteiger partial charge in [0, 0.05) is 5.02 Å². The number of hydrogen-bond acceptors (Lipinski definition) is 3. The second-order valence-corrected chi connectivity index (χ2v) is 6.05. The smallest absolute Gasteiger partial charge is 0.198 e. The summed E-state index contributed by atoms with van der Waals surface area (Å²) in [4.78, 5) is 8.48. The van der Waals surface area contributed by atoms with Crippen molar-refractivity contribution >= 4 is 50.7 Å². The Hall–Kier alpha value is -1.07. The van der Waals surface area contributed by atoms with Crippen molar-refractivity contribution in [2.45, 2.75) is 0 Å². The summed E-state index contributed by atoms with van der Waals surface area (Å²) >= 11 is 21.6. The molecule has 0 amide bonds. The van der Waals surface area contributed by atoms with Gasteiger partial charge in [0.05, 0.1) is 5.56 Å². The molecule has 0 N–H and O–H groups in total. The van der Waals surface area contributed by atoms with Crippen LogP contribution in [0.1, 0.15) is 0 Å². The van der Waals surface area contributed by atoms with Crippen molar-refractivity contribution in [2.75, 3.05) is 0 Å². The first-order valence-electron chi connectivity index (χ1n) is 5.79. The quantitative estimate of drug-likeness (QED) is 0.483. The van der Waals surface area contributed by atoms with Crippen LogP contribution < -0.4 is 0 Å². The molecule has 1 aromatic carbocycles. The molecule has 0 aliphatic rings. The fourth-order valence-corrected chi connectivity index (χ4v) is 2.85. The van der Waals surface area contributed by atoms with E-state index < -0.39 is 0 Å². The average Bonchev–Trinajstić information content (AvgIpc) is 2.87. The number of rotatable bonds is 2. The molecule has 0 unspecified atom stereocenters. The highest BCUT2D eigenvalue weighted by molar-refractivity contribution is 9.10. The maximum absolute atomic E-state index is 6.24. The van der Waals surface area contributed by atoms with E-state index in [-0.39, 0.29) is 10.3 Å². The monoisotopic (exact) mass is 402 g/mol. The van der Waals surface area contributed by atoms with E-state index in [1.165, 1.54) is 0 Å². The van der Waals surface area contributed by atoms with Crippen molar-refractivity contribution in [2.24, 2.45) is 0 Å². The SMILES string of the molecule is Clc1ccc(-c2c(Cl)nc(-c3ccc(Br)o3)nc2Cl)cc1. The van der Waals surface area contributed by atoms with Gasteiger partial charge in [0.2, 0.25) is 0 Å². The van der Waals surface area contributed by atoms with Crippen molar-refractivity contribution in [3.05, 3.63) is 56.4 Å². The molecule has 3 rings (SSSR count). The fraction of sp³-hybridized carbons (Fsp3) is 0. The van der Waals surface area contributed by atoms with Gasteiger partial charge in [-0.2, -0.15) is 0 Å². The Balaban J connectivity index is 2.10. The molecule has 7 heteroatoms. The highest BCUT2D eigenvalue weighted by Gasteiger charge is 2.16. The van der Waals surface area contributed by atoms with Gasteiger partial charge in [0.25, 0.3) is 0 Å². The summed E-state index contributed by atoms with van der Waals surface area (Å²) in [6.07, 6.45) is 0. The van der Waals surface area contributed by atoms with Crippen molar-refractivity contribution in [3.63, 3.8) is 0 Å². The third kappa shape index (κ3) is 3.09. The first-order chi connectivity index (χ1) is 10.0. The molecule has 2 heterocycles. The molecule has 0 saturated heterocycles. The zero-order chi connectivity index (χ0) is 15.0. The van der Waals surface area contributed by atoms with Crippen LogP contribution in [0.5, 0.6) is 0 Å². The molecule has 3 aromatic rings. The molecular weight excluding hydrogens is 398 g/mol. The Labute approximate surface area is 144 Å². The largest absolute Gasteiger partial charge is 0.446 e. The minimum Gasteiger partial charge on any atom is -0.446 e. The standard InChI is InChI=1S/C14H6BrCl3N2O/c15-10-6-5-9(21-10)14-19-12(17)11(13(18)20-14)7-1-3-8(16)4-2-7/h1-6H. The van der Waals surface area contributed by atoms with Gasteiger partial charge >= 0.3 is 0 Å². The number of aromatic nitrogens is 2. The third-order valence-corrected chi connectivity index (χ3v) is 3.97. The molecular formula is C14H6BrCl3N2O. The molecule has 3 nitrogen and oxygen atoms in total. The molecule has 106 valence electrons. The van der Waals surface area contributed by atoms with Gasteiger partial charge in [-0.15, -0.1) is 0 Å². The van der Waals surface area contributed by atoms with E-state index in [9.17, 15) is 0 Å². The Kier molecular flexibility index (Phi) is 4.22. The Morgan fingerprint density at radius 1 is 0.857 bits per heavy atom. The lowest BCUT2D eigenvalue weighted by molar-refractivity contribution is 0.551. The van der Waals surface area contributed by atoms with Gasteiger partial charge in [0.15, 0.2) is 16.3 Å². The molecule has 0 spiro atoms. The molecule has 0 bridgehead atoms. The summed E-state index contributed by atoms with van der Waals surface area (Å²) in [5.74, 6) is 0.807. The number of halogens is 4. The second-order valence-electron chi connectivity index (χ2n) is 4.11. The van der Waals surface area contributed by atoms with Crippen LogP contribution >= 0.6 is 50.7 Å². The van der Waals surface area contributed by atoms with E-state index in [4.69, 9.17) is 39.2 Å². The number of furan rings is 1. The molecule has 0 atom stereocenters. The normalized spacial score (nSPS) is 10.9. The highest BCUT2D eigenvalue weighted by atomic mass is 79.9. The van der Waals surface area contributed by atoms with E-state index in [0.29, 0.717) is 26.8 Å². The molecule has 0 saturated carbocycles. The summed E-state index contributed by atoms with van der Waals surface area (Å²) in [5, 5.41) is 1.13. The second kappa shape index (κ2) is 5.97. The maximum atomic E-state index is 6.24. The maximum Gasteiger partial charge on any atom is 0.198 e. The predicted molar refractivity (Wildman–Crippen MR) is 87.9 cm³/mol. The van der Waals surface area contributed by atoms with Crippen molar-refractivity contribution in [1.29, 1.82) is 0 Å². The first-order valence-corrected chi connectivity index (χ1v) is 7.72. The van der Waals surface area contributed by atoms with Crippen LogP contribution in [0, 0.1) is 0 Å². The minimum absolute atomic E-state index is 0.250. The van der Waals surface area contributed by atoms with Crippen LogP contribution in [0.15, 0.2) is 45.5 Å². The van der Waals surface area contributed by atoms with Crippen molar-refractivity contribution in [3.8, 4) is 22.7 Å². The van der Waals surface area contributed by atoms with E-state index in [1.807, 2.05) is 12.1 Å². The van der Waals surface area contributed by atoms with Crippen LogP contribution in [-0.2, 0) is 0 Å². The average molecular weight is 404 g/mol. The van der Waals surface area contributed by atoms with Gasteiger partial charge in [-0.3, -0.25) is 0 Å². The molecule has 2 aromatic heterocycles. The molecule has 0 radical (unpaired) electrons. The first kappa shape index (κ1) is 14.9. The van der Waals surface area contributed by atoms with Crippen LogP contribution in [0.2, 0.25) is 15.3 Å². The zero-order valence-corrected chi connectivity index (χ0v) is 14.1. The third-order valence-electron chi connectivity index (χ3n) is 2.75. The van der Waals surface area contributed by atoms with Crippen LogP contribution in [-0.4, -0.2) is 9.97 Å². The Morgan fingerprint density at radius 2 is 1.48 bits per heavy atom. The van der Waals surface area contributed by atoms with Crippen LogP contribution in [0.4, 0.5) is 0 Å². The van der Waals surface area contributed by atoms with Gasteiger partial charge in [-0.05, 0) is 45.8 Å². The van der Waals surface area contributed by atoms with Crippen LogP contribution in [0.3, 0.4) is 0 Å². The molecule has 0 aliphatic heterocycles. The summed E-state index contributed by atoms with van der Waals surface area (Å²) in [5.41, 5.74) is 1.35. The van der Waals surface area contributed by atoms with Gasteiger partial charge in [0.1, 0.15) is 10.3 Å². The van der Waals surface area contributed by atoms with E-state index in [0.717, 1.165) is 5.56 Å². The Bertz CT molecular complexity index is 779. The highest BCUT2D eigenvalue weighted by Crippen LogP contribution is 2.35. The zero-order valence-electron chi connectivity index (χ0n) is 10.3. The molecule has 0 aliphatic carbocycles. The predicted octanol–water partition coefficient (Wildman–Crippen LogP) is 6.13. The lowest BCUT2D eigenvalue weighted by atomic mass is 10.1. The summed E-state index contributed by atoms with van der Waals surface area (Å²) in [7, 11) is 0. The number of benzene rings is 1. The van der Waals surface area contributed by atoms with E-state index >= 15 is 0 Å². The van der Waals surface area contributed by atoms with E-state index in [1.54, 1.807) is 24.3 Å². The van der Waals surface area contributed by atoms with Crippen molar-refractivity contribution < 1.29 is 4.42 Å². The van der Waals surface area contributed by atoms with Crippen LogP contribution in [0.25, 0.3) is 22.7 Å². The van der Waals surface area contributed by atoms with Gasteiger partial charge in [-0.1, -0.05) is 46.9 Å². The lowest BCUT2D eigenvalue weighted by Gasteiger charge is -2.07. The topological polar surface area (TPSA) is 38.9 Å². The number of hydrogen-bond donors (Lipinski definition) is 0. The van der Waals surface area contributed by atoms with Gasteiger partial charge < -0.3 is 4.42 Å². The molecule has 0 fully saturated rings.